The van der Waals surface area contributed by atoms with Gasteiger partial charge in [0.15, 0.2) is 5.82 Å². The quantitative estimate of drug-likeness (QED) is 0.453. The van der Waals surface area contributed by atoms with Crippen molar-refractivity contribution in [1.29, 1.82) is 0 Å². The number of anilines is 1. The number of sulfonamides is 1. The van der Waals surface area contributed by atoms with Gasteiger partial charge in [0.25, 0.3) is 10.0 Å². The van der Waals surface area contributed by atoms with Crippen molar-refractivity contribution in [3.05, 3.63) is 68.7 Å². The van der Waals surface area contributed by atoms with Crippen LogP contribution in [0.25, 0.3) is 0 Å². The fourth-order valence-electron chi connectivity index (χ4n) is 3.46. The Bertz CT molecular complexity index is 1190. The van der Waals surface area contributed by atoms with Crippen molar-refractivity contribution in [3.8, 4) is 5.75 Å². The van der Waals surface area contributed by atoms with Gasteiger partial charge in [-0.1, -0.05) is 29.3 Å². The van der Waals surface area contributed by atoms with E-state index in [0.717, 1.165) is 31.5 Å². The molecule has 1 N–H and O–H groups in total. The van der Waals surface area contributed by atoms with Gasteiger partial charge >= 0.3 is 0 Å². The van der Waals surface area contributed by atoms with Gasteiger partial charge in [-0.3, -0.25) is 9.62 Å². The maximum Gasteiger partial charge on any atom is 0.263 e. The number of halogens is 3. The lowest BCUT2D eigenvalue weighted by Gasteiger charge is -2.32. The second kappa shape index (κ2) is 9.93. The van der Waals surface area contributed by atoms with Crippen LogP contribution in [-0.2, 0) is 16.6 Å². The van der Waals surface area contributed by atoms with Crippen LogP contribution in [0.3, 0.4) is 0 Å². The van der Waals surface area contributed by atoms with Crippen LogP contribution in [0.4, 0.5) is 10.2 Å². The van der Waals surface area contributed by atoms with E-state index in [0.29, 0.717) is 12.3 Å². The van der Waals surface area contributed by atoms with Crippen molar-refractivity contribution in [2.75, 3.05) is 17.8 Å². The van der Waals surface area contributed by atoms with Crippen molar-refractivity contribution in [1.82, 2.24) is 9.88 Å². The number of nitrogens with zero attached hydrogens (tertiary/aromatic N) is 2. The standard InChI is InChI=1S/C21H20Cl2FN3O3S2/c22-17-9-14(1-3-19(17)24)11-27-7-5-15(6-8-27)30-20-4-2-16(10-18(20)23)32(28,29)26-21-12-31-13-25-21/h1-4,9-10,12-13,15,26H,5-8,11H2. The minimum absolute atomic E-state index is 0.0313. The van der Waals surface area contributed by atoms with Crippen LogP contribution in [0.15, 0.2) is 52.2 Å². The summed E-state index contributed by atoms with van der Waals surface area (Å²) in [4.78, 5) is 6.22. The lowest BCUT2D eigenvalue weighted by molar-refractivity contribution is 0.0968. The van der Waals surface area contributed by atoms with E-state index in [1.165, 1.54) is 29.5 Å². The molecular formula is C21H20Cl2FN3O3S2. The molecule has 0 amide bonds. The monoisotopic (exact) mass is 515 g/mol. The lowest BCUT2D eigenvalue weighted by Crippen LogP contribution is -2.37. The Labute approximate surface area is 200 Å². The molecule has 1 aromatic heterocycles. The summed E-state index contributed by atoms with van der Waals surface area (Å²) in [5, 5.41) is 1.96. The van der Waals surface area contributed by atoms with Crippen molar-refractivity contribution in [2.45, 2.75) is 30.4 Å². The highest BCUT2D eigenvalue weighted by Crippen LogP contribution is 2.31. The number of aromatic nitrogens is 1. The van der Waals surface area contributed by atoms with Crippen LogP contribution >= 0.6 is 34.5 Å². The van der Waals surface area contributed by atoms with E-state index in [1.54, 1.807) is 29.1 Å². The maximum atomic E-state index is 13.3. The summed E-state index contributed by atoms with van der Waals surface area (Å²) < 4.78 is 46.8. The van der Waals surface area contributed by atoms with Gasteiger partial charge in [0.05, 0.1) is 20.5 Å². The van der Waals surface area contributed by atoms with Crippen molar-refractivity contribution >= 4 is 50.4 Å². The number of rotatable bonds is 7. The number of nitrogens with one attached hydrogen (secondary N) is 1. The van der Waals surface area contributed by atoms with Gasteiger partial charge in [-0.15, -0.1) is 11.3 Å². The molecule has 0 aliphatic carbocycles. The zero-order valence-corrected chi connectivity index (χ0v) is 19.9. The predicted molar refractivity (Wildman–Crippen MR) is 125 cm³/mol. The molecule has 0 atom stereocenters. The number of ether oxygens (including phenoxy) is 1. The van der Waals surface area contributed by atoms with Crippen LogP contribution in [0.2, 0.25) is 10.0 Å². The molecule has 1 aliphatic rings. The van der Waals surface area contributed by atoms with Crippen LogP contribution in [0, 0.1) is 5.82 Å². The number of hydrogen-bond acceptors (Lipinski definition) is 6. The van der Waals surface area contributed by atoms with E-state index in [4.69, 9.17) is 27.9 Å². The minimum Gasteiger partial charge on any atom is -0.489 e. The maximum absolute atomic E-state index is 13.3. The second-order valence-electron chi connectivity index (χ2n) is 7.41. The molecule has 1 aliphatic heterocycles. The third-order valence-electron chi connectivity index (χ3n) is 5.10. The number of hydrogen-bond donors (Lipinski definition) is 1. The zero-order valence-electron chi connectivity index (χ0n) is 16.8. The average Bonchev–Trinajstić information content (AvgIpc) is 3.26. The molecule has 11 heteroatoms. The summed E-state index contributed by atoms with van der Waals surface area (Å²) in [6, 6.07) is 9.18. The molecule has 4 rings (SSSR count). The van der Waals surface area contributed by atoms with Crippen LogP contribution in [-0.4, -0.2) is 37.5 Å². The summed E-state index contributed by atoms with van der Waals surface area (Å²) >= 11 is 13.5. The molecule has 1 saturated heterocycles. The lowest BCUT2D eigenvalue weighted by atomic mass is 10.1. The van der Waals surface area contributed by atoms with Gasteiger partial charge in [-0.05, 0) is 48.7 Å². The van der Waals surface area contributed by atoms with Crippen molar-refractivity contribution in [2.24, 2.45) is 0 Å². The van der Waals surface area contributed by atoms with Crippen LogP contribution in [0.1, 0.15) is 18.4 Å². The Kier molecular flexibility index (Phi) is 7.21. The molecule has 1 fully saturated rings. The Morgan fingerprint density at radius 1 is 1.16 bits per heavy atom. The molecule has 0 saturated carbocycles. The Hall–Kier alpha value is -1.91. The molecule has 2 aromatic carbocycles. The molecule has 0 spiro atoms. The Morgan fingerprint density at radius 2 is 1.94 bits per heavy atom. The first kappa shape index (κ1) is 23.3. The van der Waals surface area contributed by atoms with Crippen molar-refractivity contribution in [3.63, 3.8) is 0 Å². The van der Waals surface area contributed by atoms with Gasteiger partial charge in [0.2, 0.25) is 0 Å². The molecule has 0 radical (unpaired) electrons. The number of likely N-dealkylation sites (tertiary alicyclic amines) is 1. The van der Waals surface area contributed by atoms with Gasteiger partial charge in [-0.2, -0.15) is 0 Å². The zero-order chi connectivity index (χ0) is 22.7. The Morgan fingerprint density at radius 3 is 2.59 bits per heavy atom. The van der Waals surface area contributed by atoms with Gasteiger partial charge < -0.3 is 4.74 Å². The first-order valence-corrected chi connectivity index (χ1v) is 13.0. The second-order valence-corrected chi connectivity index (χ2v) is 10.6. The van der Waals surface area contributed by atoms with Gasteiger partial charge in [-0.25, -0.2) is 17.8 Å². The Balaban J connectivity index is 1.33. The van der Waals surface area contributed by atoms with Gasteiger partial charge in [0, 0.05) is 25.0 Å². The third kappa shape index (κ3) is 5.71. The first-order valence-electron chi connectivity index (χ1n) is 9.84. The topological polar surface area (TPSA) is 71.5 Å². The number of benzene rings is 2. The highest BCUT2D eigenvalue weighted by molar-refractivity contribution is 7.92. The first-order chi connectivity index (χ1) is 15.3. The normalized spacial score (nSPS) is 15.6. The molecule has 0 unspecified atom stereocenters. The fraction of sp³-hybridized carbons (Fsp3) is 0.286. The van der Waals surface area contributed by atoms with E-state index < -0.39 is 15.8 Å². The van der Waals surface area contributed by atoms with Crippen LogP contribution < -0.4 is 9.46 Å². The largest absolute Gasteiger partial charge is 0.489 e. The molecule has 6 nitrogen and oxygen atoms in total. The van der Waals surface area contributed by atoms with E-state index in [2.05, 4.69) is 14.6 Å². The summed E-state index contributed by atoms with van der Waals surface area (Å²) in [6.07, 6.45) is 1.55. The smallest absolute Gasteiger partial charge is 0.263 e. The highest BCUT2D eigenvalue weighted by atomic mass is 35.5. The summed E-state index contributed by atoms with van der Waals surface area (Å²) in [6.45, 7) is 2.30. The fourth-order valence-corrected chi connectivity index (χ4v) is 5.54. The van der Waals surface area contributed by atoms with E-state index >= 15 is 0 Å². The SMILES string of the molecule is O=S(=O)(Nc1cscn1)c1ccc(OC2CCN(Cc3ccc(F)c(Cl)c3)CC2)c(Cl)c1. The number of thiazole rings is 1. The molecule has 32 heavy (non-hydrogen) atoms. The molecule has 170 valence electrons. The van der Waals surface area contributed by atoms with E-state index in [1.807, 2.05) is 0 Å². The summed E-state index contributed by atoms with van der Waals surface area (Å²) in [7, 11) is -3.78. The minimum atomic E-state index is -3.78. The van der Waals surface area contributed by atoms with Crippen LogP contribution in [0.5, 0.6) is 5.75 Å². The van der Waals surface area contributed by atoms with Gasteiger partial charge in [0.1, 0.15) is 17.7 Å². The van der Waals surface area contributed by atoms with Crippen molar-refractivity contribution < 1.29 is 17.5 Å². The molecule has 0 bridgehead atoms. The average molecular weight is 516 g/mol. The molecule has 2 heterocycles. The summed E-state index contributed by atoms with van der Waals surface area (Å²) in [5.74, 6) is 0.293. The molecular weight excluding hydrogens is 496 g/mol. The van der Waals surface area contributed by atoms with E-state index in [-0.39, 0.29) is 26.9 Å². The van der Waals surface area contributed by atoms with E-state index in [9.17, 15) is 12.8 Å². The highest BCUT2D eigenvalue weighted by Gasteiger charge is 2.23. The third-order valence-corrected chi connectivity index (χ3v) is 7.63. The number of piperidine rings is 1. The summed E-state index contributed by atoms with van der Waals surface area (Å²) in [5.41, 5.74) is 2.50. The molecule has 3 aromatic rings. The predicted octanol–water partition coefficient (Wildman–Crippen LogP) is 5.43.